The van der Waals surface area contributed by atoms with Crippen LogP contribution in [0.15, 0.2) is 24.3 Å². The van der Waals surface area contributed by atoms with Gasteiger partial charge in [-0.05, 0) is 36.6 Å². The molecule has 3 rings (SSSR count). The number of nitrogens with one attached hydrogen (secondary N) is 3. The summed E-state index contributed by atoms with van der Waals surface area (Å²) in [5.41, 5.74) is 0.540. The first-order valence-electron chi connectivity index (χ1n) is 8.02. The topological polar surface area (TPSA) is 73.5 Å². The number of thioether (sulfide) groups is 1. The summed E-state index contributed by atoms with van der Waals surface area (Å²) >= 11 is 1.77. The van der Waals surface area contributed by atoms with E-state index in [2.05, 4.69) is 16.0 Å². The Bertz CT molecular complexity index is 592. The Morgan fingerprint density at radius 1 is 1.33 bits per heavy atom. The summed E-state index contributed by atoms with van der Waals surface area (Å²) in [7, 11) is 0. The van der Waals surface area contributed by atoms with Crippen LogP contribution in [0.5, 0.6) is 0 Å². The van der Waals surface area contributed by atoms with Crippen molar-refractivity contribution in [3.8, 4) is 0 Å². The largest absolute Gasteiger partial charge is 0.338 e. The van der Waals surface area contributed by atoms with Gasteiger partial charge < -0.3 is 20.9 Å². The van der Waals surface area contributed by atoms with Gasteiger partial charge in [-0.15, -0.1) is 11.8 Å². The maximum Gasteiger partial charge on any atom is 0.319 e. The minimum atomic E-state index is -0.343. The molecule has 2 saturated heterocycles. The number of rotatable bonds is 4. The number of hydrogen-bond acceptors (Lipinski definition) is 4. The van der Waals surface area contributed by atoms with Crippen molar-refractivity contribution < 1.29 is 14.0 Å². The van der Waals surface area contributed by atoms with Crippen LogP contribution in [0.25, 0.3) is 0 Å². The number of urea groups is 1. The quantitative estimate of drug-likeness (QED) is 0.767. The zero-order valence-electron chi connectivity index (χ0n) is 13.3. The zero-order chi connectivity index (χ0) is 16.9. The minimum Gasteiger partial charge on any atom is -0.338 e. The van der Waals surface area contributed by atoms with Crippen molar-refractivity contribution in [1.29, 1.82) is 0 Å². The molecule has 3 N–H and O–H groups in total. The number of benzene rings is 1. The molecule has 0 unspecified atom stereocenters. The maximum absolute atomic E-state index is 12.8. The molecular weight excluding hydrogens is 331 g/mol. The SMILES string of the molecule is O=C(NC[C@@H]1CN[C@H](C(=O)N2CCSC2)C1)Nc1ccc(F)cc1. The van der Waals surface area contributed by atoms with Gasteiger partial charge in [-0.3, -0.25) is 4.79 Å². The van der Waals surface area contributed by atoms with E-state index in [1.807, 2.05) is 4.90 Å². The molecule has 24 heavy (non-hydrogen) atoms. The van der Waals surface area contributed by atoms with E-state index in [4.69, 9.17) is 0 Å². The molecule has 1 aromatic rings. The fourth-order valence-electron chi connectivity index (χ4n) is 2.91. The lowest BCUT2D eigenvalue weighted by molar-refractivity contribution is -0.131. The van der Waals surface area contributed by atoms with Crippen LogP contribution in [0.1, 0.15) is 6.42 Å². The van der Waals surface area contributed by atoms with Crippen molar-refractivity contribution >= 4 is 29.4 Å². The van der Waals surface area contributed by atoms with Gasteiger partial charge in [-0.25, -0.2) is 9.18 Å². The van der Waals surface area contributed by atoms with E-state index in [1.54, 1.807) is 11.8 Å². The van der Waals surface area contributed by atoms with E-state index in [0.717, 1.165) is 24.6 Å². The molecule has 0 spiro atoms. The highest BCUT2D eigenvalue weighted by atomic mass is 32.2. The highest BCUT2D eigenvalue weighted by Crippen LogP contribution is 2.20. The predicted octanol–water partition coefficient (Wildman–Crippen LogP) is 1.46. The Balaban J connectivity index is 1.40. The zero-order valence-corrected chi connectivity index (χ0v) is 14.1. The molecule has 2 aliphatic rings. The second-order valence-corrected chi connectivity index (χ2v) is 7.12. The molecule has 2 aliphatic heterocycles. The van der Waals surface area contributed by atoms with E-state index < -0.39 is 0 Å². The van der Waals surface area contributed by atoms with Gasteiger partial charge in [-0.1, -0.05) is 0 Å². The van der Waals surface area contributed by atoms with Gasteiger partial charge in [0.25, 0.3) is 0 Å². The van der Waals surface area contributed by atoms with Gasteiger partial charge in [0.2, 0.25) is 5.91 Å². The van der Waals surface area contributed by atoms with E-state index in [0.29, 0.717) is 18.8 Å². The first-order valence-corrected chi connectivity index (χ1v) is 9.17. The summed E-state index contributed by atoms with van der Waals surface area (Å²) in [5.74, 6) is 1.84. The third kappa shape index (κ3) is 4.39. The Labute approximate surface area is 144 Å². The van der Waals surface area contributed by atoms with Crippen LogP contribution in [0, 0.1) is 11.7 Å². The minimum absolute atomic E-state index is 0.143. The van der Waals surface area contributed by atoms with Crippen molar-refractivity contribution in [3.63, 3.8) is 0 Å². The van der Waals surface area contributed by atoms with Crippen LogP contribution in [0.2, 0.25) is 0 Å². The Morgan fingerprint density at radius 3 is 2.83 bits per heavy atom. The molecule has 2 atom stereocenters. The number of amides is 3. The fraction of sp³-hybridized carbons (Fsp3) is 0.500. The average Bonchev–Trinajstić information content (AvgIpc) is 3.26. The van der Waals surface area contributed by atoms with E-state index in [-0.39, 0.29) is 29.7 Å². The number of halogens is 1. The highest BCUT2D eigenvalue weighted by Gasteiger charge is 2.33. The monoisotopic (exact) mass is 352 g/mol. The van der Waals surface area contributed by atoms with E-state index >= 15 is 0 Å². The molecular formula is C16H21FN4O2S. The summed E-state index contributed by atoms with van der Waals surface area (Å²) in [6.07, 6.45) is 0.733. The lowest BCUT2D eigenvalue weighted by atomic mass is 10.1. The van der Waals surface area contributed by atoms with Gasteiger partial charge in [-0.2, -0.15) is 0 Å². The molecule has 0 radical (unpaired) electrons. The number of anilines is 1. The van der Waals surface area contributed by atoms with Crippen molar-refractivity contribution in [2.24, 2.45) is 5.92 Å². The van der Waals surface area contributed by atoms with E-state index in [9.17, 15) is 14.0 Å². The Morgan fingerprint density at radius 2 is 2.12 bits per heavy atom. The van der Waals surface area contributed by atoms with Gasteiger partial charge in [0.1, 0.15) is 5.82 Å². The third-order valence-corrected chi connectivity index (χ3v) is 5.20. The van der Waals surface area contributed by atoms with E-state index in [1.165, 1.54) is 24.3 Å². The standard InChI is InChI=1S/C16H21FN4O2S/c17-12-1-3-13(4-2-12)20-16(23)19-9-11-7-14(18-8-11)15(22)21-5-6-24-10-21/h1-4,11,14,18H,5-10H2,(H2,19,20,23)/t11-,14-/m0/s1. The summed E-state index contributed by atoms with van der Waals surface area (Å²) < 4.78 is 12.8. The second-order valence-electron chi connectivity index (χ2n) is 6.04. The Hall–Kier alpha value is -1.80. The van der Waals surface area contributed by atoms with Crippen LogP contribution in [0.4, 0.5) is 14.9 Å². The normalized spacial score (nSPS) is 23.3. The van der Waals surface area contributed by atoms with Crippen molar-refractivity contribution in [2.75, 3.05) is 36.6 Å². The molecule has 8 heteroatoms. The molecule has 3 amide bonds. The molecule has 1 aromatic carbocycles. The van der Waals surface area contributed by atoms with Crippen molar-refractivity contribution in [2.45, 2.75) is 12.5 Å². The number of nitrogens with zero attached hydrogens (tertiary/aromatic N) is 1. The summed E-state index contributed by atoms with van der Waals surface area (Å²) in [4.78, 5) is 26.1. The third-order valence-electron chi connectivity index (χ3n) is 4.24. The van der Waals surface area contributed by atoms with Crippen LogP contribution >= 0.6 is 11.8 Å². The molecule has 0 aliphatic carbocycles. The van der Waals surface area contributed by atoms with Crippen LogP contribution in [0.3, 0.4) is 0 Å². The van der Waals surface area contributed by atoms with Gasteiger partial charge in [0.15, 0.2) is 0 Å². The number of carbonyl (C=O) groups excluding carboxylic acids is 2. The Kier molecular flexibility index (Phi) is 5.57. The smallest absolute Gasteiger partial charge is 0.319 e. The highest BCUT2D eigenvalue weighted by molar-refractivity contribution is 7.99. The van der Waals surface area contributed by atoms with Crippen LogP contribution in [-0.2, 0) is 4.79 Å². The van der Waals surface area contributed by atoms with Crippen LogP contribution in [-0.4, -0.2) is 54.1 Å². The first kappa shape index (κ1) is 17.0. The van der Waals surface area contributed by atoms with Gasteiger partial charge in [0, 0.05) is 31.1 Å². The summed E-state index contributed by atoms with van der Waals surface area (Å²) in [5, 5.41) is 8.71. The molecule has 130 valence electrons. The molecule has 2 heterocycles. The molecule has 0 saturated carbocycles. The predicted molar refractivity (Wildman–Crippen MR) is 92.4 cm³/mol. The lowest BCUT2D eigenvalue weighted by Gasteiger charge is -2.19. The molecule has 6 nitrogen and oxygen atoms in total. The number of carbonyl (C=O) groups is 2. The van der Waals surface area contributed by atoms with Crippen molar-refractivity contribution in [3.05, 3.63) is 30.1 Å². The van der Waals surface area contributed by atoms with Gasteiger partial charge >= 0.3 is 6.03 Å². The van der Waals surface area contributed by atoms with Gasteiger partial charge in [0.05, 0.1) is 11.9 Å². The summed E-state index contributed by atoms with van der Waals surface area (Å²) in [6, 6.07) is 5.14. The molecule has 0 bridgehead atoms. The van der Waals surface area contributed by atoms with Crippen molar-refractivity contribution in [1.82, 2.24) is 15.5 Å². The molecule has 0 aromatic heterocycles. The summed E-state index contributed by atoms with van der Waals surface area (Å²) in [6.45, 7) is 2.04. The van der Waals surface area contributed by atoms with Crippen LogP contribution < -0.4 is 16.0 Å². The number of hydrogen-bond donors (Lipinski definition) is 3. The second kappa shape index (κ2) is 7.85. The fourth-order valence-corrected chi connectivity index (χ4v) is 3.86. The molecule has 2 fully saturated rings. The maximum atomic E-state index is 12.8. The lowest BCUT2D eigenvalue weighted by Crippen LogP contribution is -2.42. The average molecular weight is 352 g/mol. The first-order chi connectivity index (χ1) is 11.6.